The summed E-state index contributed by atoms with van der Waals surface area (Å²) in [6.45, 7) is 7.35. The van der Waals surface area contributed by atoms with Crippen molar-refractivity contribution in [1.29, 1.82) is 5.26 Å². The highest BCUT2D eigenvalue weighted by atomic mass is 16.1. The van der Waals surface area contributed by atoms with Gasteiger partial charge in [0.2, 0.25) is 5.91 Å². The molecule has 116 valence electrons. The molecule has 0 spiro atoms. The lowest BCUT2D eigenvalue weighted by atomic mass is 10.1. The van der Waals surface area contributed by atoms with E-state index in [2.05, 4.69) is 30.1 Å². The number of nitrogens with zero attached hydrogens (tertiary/aromatic N) is 2. The van der Waals surface area contributed by atoms with Gasteiger partial charge in [0.15, 0.2) is 0 Å². The van der Waals surface area contributed by atoms with Gasteiger partial charge in [-0.3, -0.25) is 4.79 Å². The van der Waals surface area contributed by atoms with Crippen molar-refractivity contribution < 1.29 is 4.79 Å². The highest BCUT2D eigenvalue weighted by Crippen LogP contribution is 2.17. The lowest BCUT2D eigenvalue weighted by Crippen LogP contribution is -2.32. The van der Waals surface area contributed by atoms with Crippen LogP contribution in [0.5, 0.6) is 0 Å². The number of carbonyl (C=O) groups is 1. The number of rotatable bonds is 5. The lowest BCUT2D eigenvalue weighted by Gasteiger charge is -2.20. The van der Waals surface area contributed by atoms with Gasteiger partial charge < -0.3 is 10.2 Å². The zero-order valence-electron chi connectivity index (χ0n) is 13.2. The van der Waals surface area contributed by atoms with Crippen LogP contribution in [0.25, 0.3) is 6.08 Å². The molecule has 1 aromatic rings. The maximum atomic E-state index is 11.8. The van der Waals surface area contributed by atoms with Crippen LogP contribution in [0.15, 0.2) is 30.3 Å². The molecular weight excluding hydrogens is 274 g/mol. The Morgan fingerprint density at radius 2 is 2.18 bits per heavy atom. The molecule has 22 heavy (non-hydrogen) atoms. The zero-order valence-corrected chi connectivity index (χ0v) is 13.2. The third kappa shape index (κ3) is 4.71. The molecule has 0 aromatic heterocycles. The fourth-order valence-electron chi connectivity index (χ4n) is 2.64. The fourth-order valence-corrected chi connectivity index (χ4v) is 2.64. The first kappa shape index (κ1) is 16.3. The maximum Gasteiger partial charge on any atom is 0.244 e. The third-order valence-corrected chi connectivity index (χ3v) is 4.08. The monoisotopic (exact) mass is 297 g/mol. The number of carbonyl (C=O) groups excluding carboxylic acids is 1. The average molecular weight is 297 g/mol. The molecule has 4 nitrogen and oxygen atoms in total. The molecule has 0 bridgehead atoms. The number of benzene rings is 1. The summed E-state index contributed by atoms with van der Waals surface area (Å²) in [4.78, 5) is 14.3. The van der Waals surface area contributed by atoms with Crippen LogP contribution < -0.4 is 5.32 Å². The van der Waals surface area contributed by atoms with Gasteiger partial charge in [0, 0.05) is 25.2 Å². The first-order valence-electron chi connectivity index (χ1n) is 7.78. The predicted octanol–water partition coefficient (Wildman–Crippen LogP) is 2.42. The molecule has 0 aliphatic carbocycles. The van der Waals surface area contributed by atoms with Crippen molar-refractivity contribution >= 4 is 12.0 Å². The van der Waals surface area contributed by atoms with E-state index in [0.717, 1.165) is 31.6 Å². The van der Waals surface area contributed by atoms with E-state index in [0.29, 0.717) is 17.5 Å². The van der Waals surface area contributed by atoms with Crippen LogP contribution in [0.2, 0.25) is 0 Å². The van der Waals surface area contributed by atoms with Crippen molar-refractivity contribution in [3.8, 4) is 6.07 Å². The van der Waals surface area contributed by atoms with Crippen molar-refractivity contribution in [2.24, 2.45) is 5.92 Å². The van der Waals surface area contributed by atoms with Crippen LogP contribution in [0.4, 0.5) is 0 Å². The smallest absolute Gasteiger partial charge is 0.244 e. The maximum absolute atomic E-state index is 11.8. The molecule has 0 radical (unpaired) electrons. The topological polar surface area (TPSA) is 56.1 Å². The summed E-state index contributed by atoms with van der Waals surface area (Å²) < 4.78 is 0. The van der Waals surface area contributed by atoms with Gasteiger partial charge in [-0.1, -0.05) is 12.1 Å². The largest absolute Gasteiger partial charge is 0.352 e. The Morgan fingerprint density at radius 1 is 1.45 bits per heavy atom. The zero-order chi connectivity index (χ0) is 15.9. The Hall–Kier alpha value is -2.12. The van der Waals surface area contributed by atoms with E-state index >= 15 is 0 Å². The lowest BCUT2D eigenvalue weighted by molar-refractivity contribution is -0.116. The van der Waals surface area contributed by atoms with Gasteiger partial charge in [-0.05, 0) is 56.5 Å². The quantitative estimate of drug-likeness (QED) is 0.849. The highest BCUT2D eigenvalue weighted by Gasteiger charge is 2.23. The number of nitriles is 1. The molecule has 1 N–H and O–H groups in total. The summed E-state index contributed by atoms with van der Waals surface area (Å²) >= 11 is 0. The highest BCUT2D eigenvalue weighted by molar-refractivity contribution is 5.91. The molecular formula is C18H23N3O. The van der Waals surface area contributed by atoms with E-state index in [9.17, 15) is 4.79 Å². The van der Waals surface area contributed by atoms with Crippen LogP contribution in [-0.4, -0.2) is 36.5 Å². The standard InChI is InChI=1S/C18H23N3O/c1-14(2)21-10-9-17(13-21)12-20-18(22)8-7-15-3-5-16(11-19)6-4-15/h3-8,14,17H,9-10,12-13H2,1-2H3,(H,20,22)/b8-7+/t17-/m0/s1. The number of likely N-dealkylation sites (tertiary alicyclic amines) is 1. The summed E-state index contributed by atoms with van der Waals surface area (Å²) in [5.74, 6) is 0.488. The van der Waals surface area contributed by atoms with E-state index in [4.69, 9.17) is 5.26 Å². The van der Waals surface area contributed by atoms with Crippen molar-refractivity contribution in [2.45, 2.75) is 26.3 Å². The molecule has 1 atom stereocenters. The van der Waals surface area contributed by atoms with Crippen LogP contribution in [0.3, 0.4) is 0 Å². The fraction of sp³-hybridized carbons (Fsp3) is 0.444. The second-order valence-electron chi connectivity index (χ2n) is 6.06. The first-order chi connectivity index (χ1) is 10.6. The Balaban J connectivity index is 1.76. The summed E-state index contributed by atoms with van der Waals surface area (Å²) in [6, 6.07) is 9.81. The van der Waals surface area contributed by atoms with Gasteiger partial charge in [-0.15, -0.1) is 0 Å². The van der Waals surface area contributed by atoms with Crippen molar-refractivity contribution in [1.82, 2.24) is 10.2 Å². The van der Waals surface area contributed by atoms with Gasteiger partial charge in [0.25, 0.3) is 0 Å². The molecule has 1 aliphatic heterocycles. The van der Waals surface area contributed by atoms with Crippen molar-refractivity contribution in [3.63, 3.8) is 0 Å². The Morgan fingerprint density at radius 3 is 2.77 bits per heavy atom. The Kier molecular flexibility index (Phi) is 5.74. The summed E-state index contributed by atoms with van der Waals surface area (Å²) in [7, 11) is 0. The molecule has 2 rings (SSSR count). The Bertz CT molecular complexity index is 569. The molecule has 1 aromatic carbocycles. The van der Waals surface area contributed by atoms with Gasteiger partial charge >= 0.3 is 0 Å². The molecule has 4 heteroatoms. The minimum atomic E-state index is -0.0626. The molecule has 1 fully saturated rings. The number of hydrogen-bond donors (Lipinski definition) is 1. The minimum Gasteiger partial charge on any atom is -0.352 e. The van der Waals surface area contributed by atoms with E-state index in [1.54, 1.807) is 24.3 Å². The van der Waals surface area contributed by atoms with Gasteiger partial charge in [-0.2, -0.15) is 5.26 Å². The molecule has 0 saturated carbocycles. The van der Waals surface area contributed by atoms with E-state index in [-0.39, 0.29) is 5.91 Å². The SMILES string of the molecule is CC(C)N1CC[C@@H](CNC(=O)/C=C/c2ccc(C#N)cc2)C1. The van der Waals surface area contributed by atoms with Crippen LogP contribution >= 0.6 is 0 Å². The van der Waals surface area contributed by atoms with Crippen LogP contribution in [0.1, 0.15) is 31.4 Å². The second kappa shape index (κ2) is 7.77. The second-order valence-corrected chi connectivity index (χ2v) is 6.06. The van der Waals surface area contributed by atoms with Crippen molar-refractivity contribution in [2.75, 3.05) is 19.6 Å². The summed E-state index contributed by atoms with van der Waals surface area (Å²) in [5.41, 5.74) is 1.54. The van der Waals surface area contributed by atoms with Gasteiger partial charge in [-0.25, -0.2) is 0 Å². The molecule has 1 saturated heterocycles. The average Bonchev–Trinajstić information content (AvgIpc) is 3.00. The first-order valence-corrected chi connectivity index (χ1v) is 7.78. The third-order valence-electron chi connectivity index (χ3n) is 4.08. The normalized spacial score (nSPS) is 18.7. The molecule has 0 unspecified atom stereocenters. The van der Waals surface area contributed by atoms with Gasteiger partial charge in [0.1, 0.15) is 0 Å². The number of hydrogen-bond acceptors (Lipinski definition) is 3. The number of nitrogens with one attached hydrogen (secondary N) is 1. The Labute approximate surface area is 132 Å². The van der Waals surface area contributed by atoms with Gasteiger partial charge in [0.05, 0.1) is 11.6 Å². The van der Waals surface area contributed by atoms with Crippen molar-refractivity contribution in [3.05, 3.63) is 41.5 Å². The predicted molar refractivity (Wildman–Crippen MR) is 88.0 cm³/mol. The summed E-state index contributed by atoms with van der Waals surface area (Å²) in [5, 5.41) is 11.7. The molecule has 1 heterocycles. The minimum absolute atomic E-state index is 0.0626. The van der Waals surface area contributed by atoms with Crippen LogP contribution in [0, 0.1) is 17.2 Å². The number of amides is 1. The molecule has 1 amide bonds. The van der Waals surface area contributed by atoms with E-state index in [1.807, 2.05) is 12.1 Å². The summed E-state index contributed by atoms with van der Waals surface area (Å²) in [6.07, 6.45) is 4.47. The van der Waals surface area contributed by atoms with Crippen LogP contribution in [-0.2, 0) is 4.79 Å². The molecule has 1 aliphatic rings. The van der Waals surface area contributed by atoms with E-state index in [1.165, 1.54) is 0 Å². The van der Waals surface area contributed by atoms with E-state index < -0.39 is 0 Å².